The Labute approximate surface area is 84.9 Å². The van der Waals surface area contributed by atoms with E-state index in [1.54, 1.807) is 11.8 Å². The van der Waals surface area contributed by atoms with Crippen LogP contribution in [0.25, 0.3) is 0 Å². The van der Waals surface area contributed by atoms with Crippen molar-refractivity contribution in [1.82, 2.24) is 5.32 Å². The fourth-order valence-corrected chi connectivity index (χ4v) is 1.56. The maximum atomic E-state index is 3.38. The van der Waals surface area contributed by atoms with Gasteiger partial charge in [0.15, 0.2) is 0 Å². The summed E-state index contributed by atoms with van der Waals surface area (Å²) in [4.78, 5) is 1.33. The molecule has 0 unspecified atom stereocenters. The Kier molecular flexibility index (Phi) is 4.94. The van der Waals surface area contributed by atoms with E-state index < -0.39 is 0 Å². The Balaban J connectivity index is 2.40. The van der Waals surface area contributed by atoms with Gasteiger partial charge in [-0.1, -0.05) is 19.1 Å². The highest BCUT2D eigenvalue weighted by Crippen LogP contribution is 2.14. The van der Waals surface area contributed by atoms with Crippen molar-refractivity contribution in [2.24, 2.45) is 0 Å². The molecule has 0 aliphatic heterocycles. The second-order valence-electron chi connectivity index (χ2n) is 3.02. The predicted molar refractivity (Wildman–Crippen MR) is 60.2 cm³/mol. The fourth-order valence-electron chi connectivity index (χ4n) is 1.15. The topological polar surface area (TPSA) is 12.0 Å². The average molecular weight is 195 g/mol. The first-order valence-electron chi connectivity index (χ1n) is 4.70. The second-order valence-corrected chi connectivity index (χ2v) is 3.90. The summed E-state index contributed by atoms with van der Waals surface area (Å²) in [5.74, 6) is 0. The molecule has 0 bridgehead atoms. The van der Waals surface area contributed by atoms with Crippen LogP contribution in [0.3, 0.4) is 0 Å². The van der Waals surface area contributed by atoms with E-state index in [2.05, 4.69) is 42.8 Å². The molecule has 1 nitrogen and oxygen atoms in total. The van der Waals surface area contributed by atoms with Crippen molar-refractivity contribution >= 4 is 11.8 Å². The maximum Gasteiger partial charge on any atom is 0.0205 e. The van der Waals surface area contributed by atoms with Crippen LogP contribution in [0, 0.1) is 0 Å². The Bertz CT molecular complexity index is 230. The first kappa shape index (κ1) is 10.6. The van der Waals surface area contributed by atoms with E-state index in [1.807, 2.05) is 0 Å². The molecule has 0 fully saturated rings. The number of thioether (sulfide) groups is 1. The summed E-state index contributed by atoms with van der Waals surface area (Å²) in [5.41, 5.74) is 1.37. The van der Waals surface area contributed by atoms with E-state index in [-0.39, 0.29) is 0 Å². The van der Waals surface area contributed by atoms with E-state index >= 15 is 0 Å². The van der Waals surface area contributed by atoms with Gasteiger partial charge in [-0.2, -0.15) is 0 Å². The van der Waals surface area contributed by atoms with Crippen LogP contribution in [0.4, 0.5) is 0 Å². The van der Waals surface area contributed by atoms with Gasteiger partial charge in [-0.05, 0) is 36.9 Å². The molecule has 1 rings (SSSR count). The zero-order valence-electron chi connectivity index (χ0n) is 8.34. The summed E-state index contributed by atoms with van der Waals surface area (Å²) in [5, 5.41) is 3.38. The normalized spacial score (nSPS) is 10.3. The third-order valence-electron chi connectivity index (χ3n) is 1.91. The number of nitrogens with one attached hydrogen (secondary N) is 1. The number of benzene rings is 1. The molecule has 13 heavy (non-hydrogen) atoms. The van der Waals surface area contributed by atoms with Gasteiger partial charge >= 0.3 is 0 Å². The van der Waals surface area contributed by atoms with E-state index in [0.29, 0.717) is 0 Å². The monoisotopic (exact) mass is 195 g/mol. The molecular formula is C11H17NS. The molecule has 0 saturated heterocycles. The lowest BCUT2D eigenvalue weighted by Crippen LogP contribution is -2.13. The average Bonchev–Trinajstić information content (AvgIpc) is 2.19. The summed E-state index contributed by atoms with van der Waals surface area (Å²) in [6.07, 6.45) is 3.30. The largest absolute Gasteiger partial charge is 0.313 e. The van der Waals surface area contributed by atoms with Gasteiger partial charge in [0.05, 0.1) is 0 Å². The van der Waals surface area contributed by atoms with Crippen LogP contribution >= 0.6 is 11.8 Å². The maximum absolute atomic E-state index is 3.38. The van der Waals surface area contributed by atoms with Gasteiger partial charge in [-0.3, -0.25) is 0 Å². The van der Waals surface area contributed by atoms with E-state index in [1.165, 1.54) is 16.9 Å². The first-order chi connectivity index (χ1) is 6.36. The van der Waals surface area contributed by atoms with Gasteiger partial charge < -0.3 is 5.32 Å². The van der Waals surface area contributed by atoms with Gasteiger partial charge in [0.2, 0.25) is 0 Å². The molecule has 0 amide bonds. The molecule has 0 aliphatic carbocycles. The van der Waals surface area contributed by atoms with Crippen LogP contribution in [0.1, 0.15) is 18.9 Å². The number of hydrogen-bond donors (Lipinski definition) is 1. The molecule has 2 heteroatoms. The smallest absolute Gasteiger partial charge is 0.0205 e. The zero-order chi connectivity index (χ0) is 9.52. The SMILES string of the molecule is CCCNCc1ccc(SC)cc1. The highest BCUT2D eigenvalue weighted by molar-refractivity contribution is 7.98. The number of hydrogen-bond acceptors (Lipinski definition) is 2. The van der Waals surface area contributed by atoms with E-state index in [0.717, 1.165) is 13.1 Å². The van der Waals surface area contributed by atoms with Gasteiger partial charge in [0, 0.05) is 11.4 Å². The second kappa shape index (κ2) is 6.06. The van der Waals surface area contributed by atoms with Gasteiger partial charge in [-0.15, -0.1) is 11.8 Å². The molecule has 0 aromatic heterocycles. The summed E-state index contributed by atoms with van der Waals surface area (Å²) in [6.45, 7) is 4.27. The molecule has 0 saturated carbocycles. The summed E-state index contributed by atoms with van der Waals surface area (Å²) < 4.78 is 0. The fraction of sp³-hybridized carbons (Fsp3) is 0.455. The Morgan fingerprint density at radius 1 is 1.23 bits per heavy atom. The van der Waals surface area contributed by atoms with Crippen LogP contribution in [0.15, 0.2) is 29.2 Å². The molecule has 0 atom stereocenters. The summed E-state index contributed by atoms with van der Waals surface area (Å²) >= 11 is 1.79. The molecule has 0 spiro atoms. The van der Waals surface area contributed by atoms with Crippen LogP contribution < -0.4 is 5.32 Å². The highest BCUT2D eigenvalue weighted by Gasteiger charge is 1.92. The van der Waals surface area contributed by atoms with Gasteiger partial charge in [-0.25, -0.2) is 0 Å². The number of rotatable bonds is 5. The lowest BCUT2D eigenvalue weighted by atomic mass is 10.2. The Morgan fingerprint density at radius 2 is 1.92 bits per heavy atom. The van der Waals surface area contributed by atoms with Crippen molar-refractivity contribution in [2.45, 2.75) is 24.8 Å². The van der Waals surface area contributed by atoms with Crippen molar-refractivity contribution < 1.29 is 0 Å². The zero-order valence-corrected chi connectivity index (χ0v) is 9.16. The molecule has 0 radical (unpaired) electrons. The minimum Gasteiger partial charge on any atom is -0.313 e. The molecule has 72 valence electrons. The third-order valence-corrected chi connectivity index (χ3v) is 2.66. The summed E-state index contributed by atoms with van der Waals surface area (Å²) in [7, 11) is 0. The van der Waals surface area contributed by atoms with Crippen LogP contribution in [0.2, 0.25) is 0 Å². The lowest BCUT2D eigenvalue weighted by Gasteiger charge is -2.03. The van der Waals surface area contributed by atoms with Crippen LogP contribution in [-0.2, 0) is 6.54 Å². The third kappa shape index (κ3) is 3.83. The quantitative estimate of drug-likeness (QED) is 0.572. The van der Waals surface area contributed by atoms with Crippen molar-refractivity contribution in [3.63, 3.8) is 0 Å². The minimum absolute atomic E-state index is 0.989. The van der Waals surface area contributed by atoms with E-state index in [4.69, 9.17) is 0 Å². The summed E-state index contributed by atoms with van der Waals surface area (Å²) in [6, 6.07) is 8.73. The molecule has 1 aromatic carbocycles. The molecule has 1 aromatic rings. The highest BCUT2D eigenvalue weighted by atomic mass is 32.2. The van der Waals surface area contributed by atoms with Crippen molar-refractivity contribution in [3.05, 3.63) is 29.8 Å². The molecule has 1 N–H and O–H groups in total. The van der Waals surface area contributed by atoms with Crippen LogP contribution in [-0.4, -0.2) is 12.8 Å². The molecule has 0 heterocycles. The lowest BCUT2D eigenvalue weighted by molar-refractivity contribution is 0.675. The van der Waals surface area contributed by atoms with E-state index in [9.17, 15) is 0 Å². The molecule has 0 aliphatic rings. The predicted octanol–water partition coefficient (Wildman–Crippen LogP) is 2.91. The Morgan fingerprint density at radius 3 is 2.46 bits per heavy atom. The van der Waals surface area contributed by atoms with Gasteiger partial charge in [0.25, 0.3) is 0 Å². The molecular weight excluding hydrogens is 178 g/mol. The van der Waals surface area contributed by atoms with Crippen LogP contribution in [0.5, 0.6) is 0 Å². The van der Waals surface area contributed by atoms with Gasteiger partial charge in [0.1, 0.15) is 0 Å². The standard InChI is InChI=1S/C11H17NS/c1-3-8-12-9-10-4-6-11(13-2)7-5-10/h4-7,12H,3,8-9H2,1-2H3. The minimum atomic E-state index is 0.989. The van der Waals surface area contributed by atoms with Crippen molar-refractivity contribution in [2.75, 3.05) is 12.8 Å². The first-order valence-corrected chi connectivity index (χ1v) is 5.93. The van der Waals surface area contributed by atoms with Crippen molar-refractivity contribution in [3.8, 4) is 0 Å². The Hall–Kier alpha value is -0.470. The van der Waals surface area contributed by atoms with Crippen molar-refractivity contribution in [1.29, 1.82) is 0 Å².